The number of aromatic nitrogens is 3. The lowest BCUT2D eigenvalue weighted by molar-refractivity contribution is 0.0461. The summed E-state index contributed by atoms with van der Waals surface area (Å²) in [4.78, 5) is 37.4. The number of hydrogen-bond donors (Lipinski definition) is 1. The van der Waals surface area contributed by atoms with Crippen molar-refractivity contribution in [2.45, 2.75) is 20.5 Å². The molecule has 8 nitrogen and oxygen atoms in total. The molecule has 10 heteroatoms. The van der Waals surface area contributed by atoms with Gasteiger partial charge in [-0.2, -0.15) is 0 Å². The van der Waals surface area contributed by atoms with Gasteiger partial charge in [-0.3, -0.25) is 0 Å². The second-order valence-electron chi connectivity index (χ2n) is 5.40. The maximum absolute atomic E-state index is 12.1. The number of fused-ring (bicyclic) bond motifs is 1. The van der Waals surface area contributed by atoms with Gasteiger partial charge in [-0.1, -0.05) is 11.6 Å². The molecule has 0 aliphatic rings. The molecular weight excluding hydrogens is 392 g/mol. The first-order chi connectivity index (χ1) is 12.9. The molecule has 0 fully saturated rings. The minimum absolute atomic E-state index is 0.0475. The zero-order valence-corrected chi connectivity index (χ0v) is 16.1. The Morgan fingerprint density at radius 2 is 2.04 bits per heavy atom. The second-order valence-corrected chi connectivity index (χ2v) is 6.76. The molecule has 0 aromatic carbocycles. The van der Waals surface area contributed by atoms with E-state index in [1.54, 1.807) is 19.9 Å². The van der Waals surface area contributed by atoms with E-state index < -0.39 is 11.9 Å². The molecule has 3 heterocycles. The molecule has 0 unspecified atom stereocenters. The highest BCUT2D eigenvalue weighted by Gasteiger charge is 2.21. The van der Waals surface area contributed by atoms with Crippen molar-refractivity contribution in [1.29, 1.82) is 0 Å². The Bertz CT molecular complexity index is 1040. The van der Waals surface area contributed by atoms with Crippen molar-refractivity contribution < 1.29 is 19.1 Å². The molecule has 0 saturated heterocycles. The van der Waals surface area contributed by atoms with Crippen molar-refractivity contribution in [2.24, 2.45) is 0 Å². The van der Waals surface area contributed by atoms with E-state index in [0.717, 1.165) is 11.3 Å². The Balaban J connectivity index is 1.85. The van der Waals surface area contributed by atoms with Gasteiger partial charge in [0.25, 0.3) is 0 Å². The summed E-state index contributed by atoms with van der Waals surface area (Å²) < 4.78 is 10.2. The number of aryl methyl sites for hydroxylation is 1. The number of esters is 2. The highest BCUT2D eigenvalue weighted by molar-refractivity contribution is 7.20. The van der Waals surface area contributed by atoms with Crippen LogP contribution < -0.4 is 5.73 Å². The molecule has 140 valence electrons. The van der Waals surface area contributed by atoms with E-state index in [1.165, 1.54) is 12.3 Å². The summed E-state index contributed by atoms with van der Waals surface area (Å²) >= 11 is 7.03. The number of nitrogens with two attached hydrogens (primary N) is 1. The molecule has 0 atom stereocenters. The summed E-state index contributed by atoms with van der Waals surface area (Å²) in [5, 5.41) is 0.639. The molecule has 2 N–H and O–H groups in total. The molecular formula is C17H15ClN4O4S. The third-order valence-electron chi connectivity index (χ3n) is 3.64. The topological polar surface area (TPSA) is 117 Å². The maximum atomic E-state index is 12.1. The third-order valence-corrected chi connectivity index (χ3v) is 5.10. The Hall–Kier alpha value is -2.78. The first kappa shape index (κ1) is 19.0. The van der Waals surface area contributed by atoms with E-state index in [0.29, 0.717) is 20.7 Å². The van der Waals surface area contributed by atoms with Crippen molar-refractivity contribution in [2.75, 3.05) is 12.3 Å². The smallest absolute Gasteiger partial charge is 0.348 e. The lowest BCUT2D eigenvalue weighted by Crippen LogP contribution is -2.09. The van der Waals surface area contributed by atoms with Crippen molar-refractivity contribution in [3.8, 4) is 0 Å². The van der Waals surface area contributed by atoms with Crippen LogP contribution in [0.5, 0.6) is 0 Å². The molecule has 0 bridgehead atoms. The first-order valence-electron chi connectivity index (χ1n) is 7.92. The fourth-order valence-corrected chi connectivity index (χ4v) is 3.72. The number of carbonyl (C=O) groups excluding carboxylic acids is 2. The molecule has 3 aromatic rings. The van der Waals surface area contributed by atoms with Gasteiger partial charge in [0.15, 0.2) is 12.4 Å². The minimum atomic E-state index is -0.648. The number of anilines is 1. The van der Waals surface area contributed by atoms with E-state index in [1.807, 2.05) is 0 Å². The lowest BCUT2D eigenvalue weighted by Gasteiger charge is -2.06. The predicted molar refractivity (Wildman–Crippen MR) is 101 cm³/mol. The van der Waals surface area contributed by atoms with Crippen LogP contribution in [-0.4, -0.2) is 33.5 Å². The van der Waals surface area contributed by atoms with Gasteiger partial charge < -0.3 is 15.2 Å². The largest absolute Gasteiger partial charge is 0.462 e. The van der Waals surface area contributed by atoms with Crippen molar-refractivity contribution in [3.63, 3.8) is 0 Å². The van der Waals surface area contributed by atoms with Crippen LogP contribution in [0.2, 0.25) is 5.15 Å². The van der Waals surface area contributed by atoms with Crippen LogP contribution >= 0.6 is 22.9 Å². The van der Waals surface area contributed by atoms with E-state index in [2.05, 4.69) is 15.0 Å². The summed E-state index contributed by atoms with van der Waals surface area (Å²) in [5.74, 6) is -0.665. The van der Waals surface area contributed by atoms with Crippen LogP contribution in [-0.2, 0) is 16.1 Å². The van der Waals surface area contributed by atoms with E-state index >= 15 is 0 Å². The van der Waals surface area contributed by atoms with Crippen LogP contribution in [0.1, 0.15) is 38.3 Å². The fourth-order valence-electron chi connectivity index (χ4n) is 2.42. The molecule has 0 amide bonds. The molecule has 0 saturated carbocycles. The van der Waals surface area contributed by atoms with Crippen molar-refractivity contribution in [1.82, 2.24) is 15.0 Å². The number of thiophene rings is 1. The number of carbonyl (C=O) groups is 2. The Morgan fingerprint density at radius 3 is 2.74 bits per heavy atom. The van der Waals surface area contributed by atoms with Gasteiger partial charge in [-0.15, -0.1) is 11.3 Å². The highest BCUT2D eigenvalue weighted by atomic mass is 35.5. The van der Waals surface area contributed by atoms with E-state index in [9.17, 15) is 9.59 Å². The minimum Gasteiger partial charge on any atom is -0.462 e. The SMILES string of the molecule is CCOC(=O)c1sc2nc(COC(=O)c3cccnc3Cl)nc(N)c2c1C. The summed E-state index contributed by atoms with van der Waals surface area (Å²) in [6.45, 7) is 3.56. The van der Waals surface area contributed by atoms with Gasteiger partial charge in [0, 0.05) is 6.20 Å². The molecule has 0 aliphatic carbocycles. The Labute approximate surface area is 163 Å². The average molecular weight is 407 g/mol. The number of pyridine rings is 1. The standard InChI is InChI=1S/C17H15ClN4O4S/c1-3-25-17(24)12-8(2)11-14(19)21-10(22-15(11)27-12)7-26-16(23)9-5-4-6-20-13(9)18/h4-6H,3,7H2,1-2H3,(H2,19,21,22). The van der Waals surface area contributed by atoms with E-state index in [4.69, 9.17) is 26.8 Å². The van der Waals surface area contributed by atoms with Gasteiger partial charge in [0.1, 0.15) is 20.7 Å². The predicted octanol–water partition coefficient (Wildman–Crippen LogP) is 3.16. The van der Waals surface area contributed by atoms with Crippen LogP contribution in [0.15, 0.2) is 18.3 Å². The van der Waals surface area contributed by atoms with Gasteiger partial charge in [-0.05, 0) is 31.5 Å². The number of nitrogen functional groups attached to an aromatic ring is 1. The van der Waals surface area contributed by atoms with Gasteiger partial charge in [0.05, 0.1) is 17.6 Å². The highest BCUT2D eigenvalue weighted by Crippen LogP contribution is 2.33. The molecule has 3 aromatic heterocycles. The van der Waals surface area contributed by atoms with E-state index in [-0.39, 0.29) is 35.6 Å². The normalized spacial score (nSPS) is 10.8. The molecule has 3 rings (SSSR count). The molecule has 27 heavy (non-hydrogen) atoms. The average Bonchev–Trinajstić information content (AvgIpc) is 2.97. The first-order valence-corrected chi connectivity index (χ1v) is 9.12. The van der Waals surface area contributed by atoms with Crippen LogP contribution in [0, 0.1) is 6.92 Å². The van der Waals surface area contributed by atoms with Crippen molar-refractivity contribution >= 4 is 50.9 Å². The summed E-state index contributed by atoms with van der Waals surface area (Å²) in [7, 11) is 0. The second kappa shape index (κ2) is 7.85. The van der Waals surface area contributed by atoms with Crippen LogP contribution in [0.25, 0.3) is 10.2 Å². The quantitative estimate of drug-likeness (QED) is 0.507. The lowest BCUT2D eigenvalue weighted by atomic mass is 10.2. The fraction of sp³-hybridized carbons (Fsp3) is 0.235. The maximum Gasteiger partial charge on any atom is 0.348 e. The molecule has 0 radical (unpaired) electrons. The summed E-state index contributed by atoms with van der Waals surface area (Å²) in [6, 6.07) is 3.08. The summed E-state index contributed by atoms with van der Waals surface area (Å²) in [5.41, 5.74) is 6.83. The number of halogens is 1. The van der Waals surface area contributed by atoms with Gasteiger partial charge >= 0.3 is 11.9 Å². The molecule has 0 aliphatic heterocycles. The Kier molecular flexibility index (Phi) is 5.52. The number of ether oxygens (including phenoxy) is 2. The van der Waals surface area contributed by atoms with Gasteiger partial charge in [-0.25, -0.2) is 24.5 Å². The Morgan fingerprint density at radius 1 is 1.26 bits per heavy atom. The number of rotatable bonds is 5. The van der Waals surface area contributed by atoms with Crippen LogP contribution in [0.3, 0.4) is 0 Å². The monoisotopic (exact) mass is 406 g/mol. The number of hydrogen-bond acceptors (Lipinski definition) is 9. The van der Waals surface area contributed by atoms with Crippen LogP contribution in [0.4, 0.5) is 5.82 Å². The molecule has 0 spiro atoms. The summed E-state index contributed by atoms with van der Waals surface area (Å²) in [6.07, 6.45) is 1.47. The van der Waals surface area contributed by atoms with Gasteiger partial charge in [0.2, 0.25) is 0 Å². The van der Waals surface area contributed by atoms with Crippen molar-refractivity contribution in [3.05, 3.63) is 45.3 Å². The zero-order chi connectivity index (χ0) is 19.6. The zero-order valence-electron chi connectivity index (χ0n) is 14.5. The number of nitrogens with zero attached hydrogens (tertiary/aromatic N) is 3. The third kappa shape index (κ3) is 3.83.